The SMILES string of the molecule is FC(F)(F)Oc1ccc(CCC2CCCCC2)cc1. The molecule has 0 atom stereocenters. The van der Waals surface area contributed by atoms with Crippen LogP contribution in [0.3, 0.4) is 0 Å². The van der Waals surface area contributed by atoms with E-state index in [1.165, 1.54) is 44.2 Å². The van der Waals surface area contributed by atoms with E-state index in [9.17, 15) is 13.2 Å². The lowest BCUT2D eigenvalue weighted by atomic mass is 9.85. The van der Waals surface area contributed by atoms with Crippen molar-refractivity contribution in [3.05, 3.63) is 29.8 Å². The van der Waals surface area contributed by atoms with E-state index >= 15 is 0 Å². The van der Waals surface area contributed by atoms with Crippen molar-refractivity contribution in [1.82, 2.24) is 0 Å². The first-order valence-corrected chi connectivity index (χ1v) is 6.87. The predicted molar refractivity (Wildman–Crippen MR) is 68.0 cm³/mol. The Morgan fingerprint density at radius 1 is 1.00 bits per heavy atom. The van der Waals surface area contributed by atoms with Gasteiger partial charge < -0.3 is 4.74 Å². The molecule has 0 spiro atoms. The van der Waals surface area contributed by atoms with Crippen molar-refractivity contribution in [2.24, 2.45) is 5.92 Å². The quantitative estimate of drug-likeness (QED) is 0.741. The molecule has 1 aliphatic rings. The van der Waals surface area contributed by atoms with Gasteiger partial charge in [-0.1, -0.05) is 44.2 Å². The van der Waals surface area contributed by atoms with Crippen molar-refractivity contribution in [3.63, 3.8) is 0 Å². The summed E-state index contributed by atoms with van der Waals surface area (Å²) < 4.78 is 39.9. The highest BCUT2D eigenvalue weighted by Gasteiger charge is 2.30. The molecule has 1 fully saturated rings. The van der Waals surface area contributed by atoms with Crippen LogP contribution in [0.15, 0.2) is 24.3 Å². The van der Waals surface area contributed by atoms with Crippen LogP contribution in [0, 0.1) is 5.92 Å². The van der Waals surface area contributed by atoms with Gasteiger partial charge in [-0.15, -0.1) is 13.2 Å². The summed E-state index contributed by atoms with van der Waals surface area (Å²) in [6.07, 6.45) is 4.07. The number of benzene rings is 1. The highest BCUT2D eigenvalue weighted by Crippen LogP contribution is 2.28. The first kappa shape index (κ1) is 14.2. The number of aryl methyl sites for hydroxylation is 1. The molecule has 1 aliphatic carbocycles. The van der Waals surface area contributed by atoms with Gasteiger partial charge in [0.1, 0.15) is 5.75 Å². The third kappa shape index (κ3) is 5.13. The zero-order valence-corrected chi connectivity index (χ0v) is 10.9. The molecule has 0 saturated heterocycles. The molecule has 1 aromatic carbocycles. The molecule has 0 heterocycles. The Morgan fingerprint density at radius 3 is 2.21 bits per heavy atom. The van der Waals surface area contributed by atoms with E-state index < -0.39 is 6.36 Å². The number of halogens is 3. The summed E-state index contributed by atoms with van der Waals surface area (Å²) in [5, 5.41) is 0. The lowest BCUT2D eigenvalue weighted by Crippen LogP contribution is -2.17. The van der Waals surface area contributed by atoms with Crippen LogP contribution in [0.25, 0.3) is 0 Å². The molecular weight excluding hydrogens is 253 g/mol. The predicted octanol–water partition coefficient (Wildman–Crippen LogP) is 5.10. The first-order valence-electron chi connectivity index (χ1n) is 6.87. The Labute approximate surface area is 111 Å². The molecule has 0 amide bonds. The maximum absolute atomic E-state index is 12.0. The Hall–Kier alpha value is -1.19. The van der Waals surface area contributed by atoms with Crippen LogP contribution >= 0.6 is 0 Å². The number of hydrogen-bond donors (Lipinski definition) is 0. The van der Waals surface area contributed by atoms with Gasteiger partial charge in [0.05, 0.1) is 0 Å². The van der Waals surface area contributed by atoms with E-state index in [2.05, 4.69) is 4.74 Å². The fraction of sp³-hybridized carbons (Fsp3) is 0.600. The van der Waals surface area contributed by atoms with Gasteiger partial charge in [-0.25, -0.2) is 0 Å². The summed E-state index contributed by atoms with van der Waals surface area (Å²) in [5.41, 5.74) is 1.08. The molecule has 1 saturated carbocycles. The largest absolute Gasteiger partial charge is 0.573 e. The van der Waals surface area contributed by atoms with E-state index in [4.69, 9.17) is 0 Å². The summed E-state index contributed by atoms with van der Waals surface area (Å²) >= 11 is 0. The summed E-state index contributed by atoms with van der Waals surface area (Å²) in [6, 6.07) is 6.24. The van der Waals surface area contributed by atoms with Gasteiger partial charge in [0.25, 0.3) is 0 Å². The third-order valence-electron chi connectivity index (χ3n) is 3.72. The molecule has 1 nitrogen and oxygen atoms in total. The van der Waals surface area contributed by atoms with Gasteiger partial charge in [0.15, 0.2) is 0 Å². The highest BCUT2D eigenvalue weighted by atomic mass is 19.4. The maximum atomic E-state index is 12.0. The monoisotopic (exact) mass is 272 g/mol. The second-order valence-electron chi connectivity index (χ2n) is 5.23. The van der Waals surface area contributed by atoms with E-state index in [-0.39, 0.29) is 5.75 Å². The van der Waals surface area contributed by atoms with Crippen molar-refractivity contribution in [1.29, 1.82) is 0 Å². The van der Waals surface area contributed by atoms with Crippen molar-refractivity contribution in [3.8, 4) is 5.75 Å². The van der Waals surface area contributed by atoms with E-state index in [1.807, 2.05) is 0 Å². The normalized spacial score (nSPS) is 17.4. The van der Waals surface area contributed by atoms with Crippen LogP contribution in [0.4, 0.5) is 13.2 Å². The molecule has 0 aliphatic heterocycles. The average molecular weight is 272 g/mol. The molecule has 0 unspecified atom stereocenters. The number of hydrogen-bond acceptors (Lipinski definition) is 1. The van der Waals surface area contributed by atoms with Gasteiger partial charge in [0, 0.05) is 0 Å². The van der Waals surface area contributed by atoms with Crippen LogP contribution in [-0.2, 0) is 6.42 Å². The molecule has 0 bridgehead atoms. The molecule has 1 aromatic rings. The summed E-state index contributed by atoms with van der Waals surface area (Å²) in [6.45, 7) is 0. The van der Waals surface area contributed by atoms with Crippen LogP contribution in [-0.4, -0.2) is 6.36 Å². The minimum atomic E-state index is -4.61. The smallest absolute Gasteiger partial charge is 0.406 e. The zero-order valence-electron chi connectivity index (χ0n) is 10.9. The lowest BCUT2D eigenvalue weighted by Gasteiger charge is -2.21. The summed E-state index contributed by atoms with van der Waals surface area (Å²) in [5.74, 6) is 0.647. The molecular formula is C15H19F3O. The van der Waals surface area contributed by atoms with E-state index in [0.29, 0.717) is 0 Å². The van der Waals surface area contributed by atoms with Crippen LogP contribution in [0.2, 0.25) is 0 Å². The van der Waals surface area contributed by atoms with Gasteiger partial charge in [0.2, 0.25) is 0 Å². The number of alkyl halides is 3. The molecule has 0 radical (unpaired) electrons. The standard InChI is InChI=1S/C15H19F3O/c16-15(17,18)19-14-10-8-13(9-11-14)7-6-12-4-2-1-3-5-12/h8-12H,1-7H2. The minimum absolute atomic E-state index is 0.145. The fourth-order valence-electron chi connectivity index (χ4n) is 2.70. The van der Waals surface area contributed by atoms with Gasteiger partial charge in [-0.2, -0.15) is 0 Å². The van der Waals surface area contributed by atoms with Gasteiger partial charge >= 0.3 is 6.36 Å². The molecule has 19 heavy (non-hydrogen) atoms. The zero-order chi connectivity index (χ0) is 13.7. The van der Waals surface area contributed by atoms with Gasteiger partial charge in [-0.3, -0.25) is 0 Å². The summed E-state index contributed by atoms with van der Waals surface area (Å²) in [4.78, 5) is 0. The Kier molecular flexibility index (Phi) is 4.72. The molecule has 0 N–H and O–H groups in total. The Balaban J connectivity index is 1.81. The number of ether oxygens (including phenoxy) is 1. The van der Waals surface area contributed by atoms with Gasteiger partial charge in [-0.05, 0) is 36.5 Å². The summed E-state index contributed by atoms with van der Waals surface area (Å²) in [7, 11) is 0. The Bertz CT molecular complexity index is 377. The van der Waals surface area contributed by atoms with Crippen molar-refractivity contribution >= 4 is 0 Å². The van der Waals surface area contributed by atoms with E-state index in [0.717, 1.165) is 24.3 Å². The maximum Gasteiger partial charge on any atom is 0.573 e. The minimum Gasteiger partial charge on any atom is -0.406 e. The number of rotatable bonds is 4. The third-order valence-corrected chi connectivity index (χ3v) is 3.72. The van der Waals surface area contributed by atoms with E-state index in [1.54, 1.807) is 12.1 Å². The molecule has 2 rings (SSSR count). The van der Waals surface area contributed by atoms with Crippen molar-refractivity contribution in [2.45, 2.75) is 51.3 Å². The highest BCUT2D eigenvalue weighted by molar-refractivity contribution is 5.27. The second kappa shape index (κ2) is 6.31. The van der Waals surface area contributed by atoms with Crippen LogP contribution in [0.5, 0.6) is 5.75 Å². The first-order chi connectivity index (χ1) is 9.03. The molecule has 0 aromatic heterocycles. The van der Waals surface area contributed by atoms with Crippen molar-refractivity contribution < 1.29 is 17.9 Å². The fourth-order valence-corrected chi connectivity index (χ4v) is 2.70. The second-order valence-corrected chi connectivity index (χ2v) is 5.23. The molecule has 4 heteroatoms. The van der Waals surface area contributed by atoms with Crippen molar-refractivity contribution in [2.75, 3.05) is 0 Å². The molecule has 106 valence electrons. The van der Waals surface area contributed by atoms with Crippen LogP contribution in [0.1, 0.15) is 44.1 Å². The topological polar surface area (TPSA) is 9.23 Å². The lowest BCUT2D eigenvalue weighted by molar-refractivity contribution is -0.274. The van der Waals surface area contributed by atoms with Crippen LogP contribution < -0.4 is 4.74 Å². The average Bonchev–Trinajstić information content (AvgIpc) is 2.37. The Morgan fingerprint density at radius 2 is 1.63 bits per heavy atom.